The van der Waals surface area contributed by atoms with Crippen LogP contribution in [0.4, 0.5) is 4.39 Å². The van der Waals surface area contributed by atoms with Gasteiger partial charge in [-0.25, -0.2) is 9.37 Å². The molecule has 19 heavy (non-hydrogen) atoms. The lowest BCUT2D eigenvalue weighted by Gasteiger charge is -2.12. The highest BCUT2D eigenvalue weighted by Gasteiger charge is 2.11. The summed E-state index contributed by atoms with van der Waals surface area (Å²) in [5, 5.41) is 2.73. The molecule has 100 valence electrons. The normalized spacial score (nSPS) is 11.9. The third-order valence-electron chi connectivity index (χ3n) is 2.49. The number of aromatic nitrogens is 2. The maximum absolute atomic E-state index is 12.7. The van der Waals surface area contributed by atoms with Gasteiger partial charge >= 0.3 is 0 Å². The van der Waals surface area contributed by atoms with Crippen molar-refractivity contribution in [3.05, 3.63) is 48.3 Å². The summed E-state index contributed by atoms with van der Waals surface area (Å²) in [5.74, 6) is 0.508. The van der Waals surface area contributed by atoms with Crippen LogP contribution >= 0.6 is 0 Å². The maximum atomic E-state index is 12.7. The Kier molecular flexibility index (Phi) is 4.12. The minimum Gasteiger partial charge on any atom is -0.484 e. The molecular formula is C13H14FN3O2. The Morgan fingerprint density at radius 1 is 1.47 bits per heavy atom. The van der Waals surface area contributed by atoms with E-state index in [4.69, 9.17) is 4.74 Å². The molecule has 0 fully saturated rings. The van der Waals surface area contributed by atoms with Gasteiger partial charge in [0.05, 0.1) is 6.04 Å². The molecular weight excluding hydrogens is 249 g/mol. The first-order valence-electron chi connectivity index (χ1n) is 5.82. The van der Waals surface area contributed by atoms with Crippen LogP contribution in [-0.4, -0.2) is 22.5 Å². The largest absolute Gasteiger partial charge is 0.484 e. The zero-order valence-corrected chi connectivity index (χ0v) is 10.4. The molecule has 1 aromatic carbocycles. The minimum atomic E-state index is -0.344. The van der Waals surface area contributed by atoms with Crippen LogP contribution in [0.1, 0.15) is 18.8 Å². The van der Waals surface area contributed by atoms with Crippen LogP contribution in [-0.2, 0) is 4.79 Å². The summed E-state index contributed by atoms with van der Waals surface area (Å²) in [4.78, 5) is 18.6. The van der Waals surface area contributed by atoms with Crippen molar-refractivity contribution in [3.63, 3.8) is 0 Å². The van der Waals surface area contributed by atoms with Gasteiger partial charge in [0, 0.05) is 12.4 Å². The molecule has 6 heteroatoms. The van der Waals surface area contributed by atoms with Crippen molar-refractivity contribution in [1.29, 1.82) is 0 Å². The third kappa shape index (κ3) is 3.80. The number of hydrogen-bond acceptors (Lipinski definition) is 3. The van der Waals surface area contributed by atoms with Crippen LogP contribution in [0.3, 0.4) is 0 Å². The first kappa shape index (κ1) is 13.1. The number of H-pyrrole nitrogens is 1. The monoisotopic (exact) mass is 263 g/mol. The topological polar surface area (TPSA) is 67.0 Å². The van der Waals surface area contributed by atoms with E-state index in [2.05, 4.69) is 15.3 Å². The number of nitrogens with one attached hydrogen (secondary N) is 2. The zero-order chi connectivity index (χ0) is 13.7. The van der Waals surface area contributed by atoms with Gasteiger partial charge in [0.1, 0.15) is 17.4 Å². The van der Waals surface area contributed by atoms with E-state index >= 15 is 0 Å². The van der Waals surface area contributed by atoms with E-state index in [-0.39, 0.29) is 24.4 Å². The van der Waals surface area contributed by atoms with Gasteiger partial charge < -0.3 is 15.0 Å². The van der Waals surface area contributed by atoms with Crippen LogP contribution in [0.25, 0.3) is 0 Å². The number of imidazole rings is 1. The molecule has 2 aromatic rings. The number of carbonyl (C=O) groups is 1. The lowest BCUT2D eigenvalue weighted by atomic mass is 10.3. The van der Waals surface area contributed by atoms with Gasteiger partial charge in [-0.2, -0.15) is 0 Å². The van der Waals surface area contributed by atoms with Crippen molar-refractivity contribution >= 4 is 5.91 Å². The molecule has 0 bridgehead atoms. The van der Waals surface area contributed by atoms with Crippen molar-refractivity contribution in [1.82, 2.24) is 15.3 Å². The van der Waals surface area contributed by atoms with E-state index in [1.807, 2.05) is 6.92 Å². The Bertz CT molecular complexity index is 525. The Morgan fingerprint density at radius 2 is 2.21 bits per heavy atom. The highest BCUT2D eigenvalue weighted by Crippen LogP contribution is 2.11. The fourth-order valence-electron chi connectivity index (χ4n) is 1.55. The number of hydrogen-bond donors (Lipinski definition) is 2. The molecule has 1 unspecified atom stereocenters. The number of benzene rings is 1. The summed E-state index contributed by atoms with van der Waals surface area (Å²) in [6, 6.07) is 5.27. The first-order valence-corrected chi connectivity index (χ1v) is 5.82. The predicted octanol–water partition coefficient (Wildman–Crippen LogP) is 1.80. The Hall–Kier alpha value is -2.37. The molecule has 0 spiro atoms. The van der Waals surface area contributed by atoms with Gasteiger partial charge in [0.2, 0.25) is 0 Å². The average Bonchev–Trinajstić information content (AvgIpc) is 2.92. The summed E-state index contributed by atoms with van der Waals surface area (Å²) in [6.07, 6.45) is 3.31. The highest BCUT2D eigenvalue weighted by molar-refractivity contribution is 5.77. The Labute approximate surface area is 109 Å². The standard InChI is InChI=1S/C13H14FN3O2/c1-9(13-15-6-7-16-13)17-12(18)8-19-11-4-2-10(14)3-5-11/h2-7,9H,8H2,1H3,(H,15,16)(H,17,18). The molecule has 2 N–H and O–H groups in total. The molecule has 2 rings (SSSR count). The summed E-state index contributed by atoms with van der Waals surface area (Å²) in [6.45, 7) is 1.69. The number of nitrogens with zero attached hydrogens (tertiary/aromatic N) is 1. The third-order valence-corrected chi connectivity index (χ3v) is 2.49. The average molecular weight is 263 g/mol. The van der Waals surface area contributed by atoms with E-state index in [9.17, 15) is 9.18 Å². The van der Waals surface area contributed by atoms with Crippen LogP contribution in [0.2, 0.25) is 0 Å². The smallest absolute Gasteiger partial charge is 0.258 e. The van der Waals surface area contributed by atoms with E-state index in [1.54, 1.807) is 12.4 Å². The maximum Gasteiger partial charge on any atom is 0.258 e. The SMILES string of the molecule is CC(NC(=O)COc1ccc(F)cc1)c1ncc[nH]1. The number of rotatable bonds is 5. The van der Waals surface area contributed by atoms with E-state index in [1.165, 1.54) is 24.3 Å². The highest BCUT2D eigenvalue weighted by atomic mass is 19.1. The van der Waals surface area contributed by atoms with Crippen LogP contribution in [0.15, 0.2) is 36.7 Å². The van der Waals surface area contributed by atoms with Crippen LogP contribution in [0, 0.1) is 5.82 Å². The van der Waals surface area contributed by atoms with E-state index in [0.29, 0.717) is 11.6 Å². The van der Waals surface area contributed by atoms with Crippen molar-refractivity contribution in [2.45, 2.75) is 13.0 Å². The molecule has 1 heterocycles. The molecule has 0 saturated heterocycles. The quantitative estimate of drug-likeness (QED) is 0.864. The van der Waals surface area contributed by atoms with Gasteiger partial charge in [-0.05, 0) is 31.2 Å². The number of aromatic amines is 1. The molecule has 5 nitrogen and oxygen atoms in total. The molecule has 0 aliphatic rings. The molecule has 0 saturated carbocycles. The predicted molar refractivity (Wildman–Crippen MR) is 67.0 cm³/mol. The number of amides is 1. The molecule has 1 aromatic heterocycles. The van der Waals surface area contributed by atoms with E-state index in [0.717, 1.165) is 0 Å². The van der Waals surface area contributed by atoms with Crippen molar-refractivity contribution in [3.8, 4) is 5.75 Å². The fourth-order valence-corrected chi connectivity index (χ4v) is 1.55. The Balaban J connectivity index is 1.80. The van der Waals surface area contributed by atoms with E-state index < -0.39 is 0 Å². The molecule has 1 atom stereocenters. The molecule has 1 amide bonds. The molecule has 0 radical (unpaired) electrons. The first-order chi connectivity index (χ1) is 9.15. The van der Waals surface area contributed by atoms with Crippen molar-refractivity contribution in [2.24, 2.45) is 0 Å². The zero-order valence-electron chi connectivity index (χ0n) is 10.4. The van der Waals surface area contributed by atoms with Crippen LogP contribution in [0.5, 0.6) is 5.75 Å². The van der Waals surface area contributed by atoms with Gasteiger partial charge in [-0.3, -0.25) is 4.79 Å². The van der Waals surface area contributed by atoms with Gasteiger partial charge in [0.15, 0.2) is 6.61 Å². The number of carbonyl (C=O) groups excluding carboxylic acids is 1. The van der Waals surface area contributed by atoms with Gasteiger partial charge in [-0.1, -0.05) is 0 Å². The second-order valence-corrected chi connectivity index (χ2v) is 4.01. The summed E-state index contributed by atoms with van der Waals surface area (Å²) in [5.41, 5.74) is 0. The number of ether oxygens (including phenoxy) is 1. The van der Waals surface area contributed by atoms with Gasteiger partial charge in [0.25, 0.3) is 5.91 Å². The number of halogens is 1. The fraction of sp³-hybridized carbons (Fsp3) is 0.231. The summed E-state index contributed by atoms with van der Waals surface area (Å²) >= 11 is 0. The second-order valence-electron chi connectivity index (χ2n) is 4.01. The summed E-state index contributed by atoms with van der Waals surface area (Å²) in [7, 11) is 0. The van der Waals surface area contributed by atoms with Crippen molar-refractivity contribution < 1.29 is 13.9 Å². The lowest BCUT2D eigenvalue weighted by molar-refractivity contribution is -0.123. The lowest BCUT2D eigenvalue weighted by Crippen LogP contribution is -2.31. The van der Waals surface area contributed by atoms with Gasteiger partial charge in [-0.15, -0.1) is 0 Å². The summed E-state index contributed by atoms with van der Waals surface area (Å²) < 4.78 is 17.9. The van der Waals surface area contributed by atoms with Crippen LogP contribution < -0.4 is 10.1 Å². The second kappa shape index (κ2) is 5.99. The van der Waals surface area contributed by atoms with Crippen molar-refractivity contribution in [2.75, 3.05) is 6.61 Å². The molecule has 0 aliphatic carbocycles. The minimum absolute atomic E-state index is 0.128. The Morgan fingerprint density at radius 3 is 2.84 bits per heavy atom. The molecule has 0 aliphatic heterocycles.